The van der Waals surface area contributed by atoms with Gasteiger partial charge in [-0.3, -0.25) is 4.79 Å². The molecule has 1 saturated heterocycles. The topological polar surface area (TPSA) is 74.8 Å². The molecule has 0 bridgehead atoms. The molecule has 0 spiro atoms. The smallest absolute Gasteiger partial charge is 0.410 e. The molecule has 1 unspecified atom stereocenters. The zero-order chi connectivity index (χ0) is 20.7. The Labute approximate surface area is 168 Å². The van der Waals surface area contributed by atoms with E-state index in [9.17, 15) is 9.59 Å². The van der Waals surface area contributed by atoms with E-state index in [0.717, 1.165) is 31.6 Å². The number of rotatable bonds is 6. The zero-order valence-corrected chi connectivity index (χ0v) is 17.8. The second kappa shape index (κ2) is 9.75. The van der Waals surface area contributed by atoms with E-state index in [4.69, 9.17) is 4.74 Å². The highest BCUT2D eigenvalue weighted by molar-refractivity contribution is 5.89. The fourth-order valence-corrected chi connectivity index (χ4v) is 3.23. The minimum Gasteiger partial charge on any atom is -0.444 e. The number of carbonyl (C=O) groups excluding carboxylic acids is 2. The SMILES string of the molecule is CCCC(C)CC(=O)Nc1ccc(N2CCN(C(=O)OC(C)(C)C)CC2)cn1. The maximum atomic E-state index is 12.2. The van der Waals surface area contributed by atoms with Crippen LogP contribution >= 0.6 is 0 Å². The third kappa shape index (κ3) is 7.02. The van der Waals surface area contributed by atoms with Gasteiger partial charge in [0, 0.05) is 32.6 Å². The van der Waals surface area contributed by atoms with Gasteiger partial charge in [0.1, 0.15) is 11.4 Å². The summed E-state index contributed by atoms with van der Waals surface area (Å²) in [4.78, 5) is 32.5. The van der Waals surface area contributed by atoms with Gasteiger partial charge < -0.3 is 19.9 Å². The summed E-state index contributed by atoms with van der Waals surface area (Å²) in [6.45, 7) is 12.5. The molecule has 1 atom stereocenters. The van der Waals surface area contributed by atoms with Gasteiger partial charge in [0.2, 0.25) is 5.91 Å². The van der Waals surface area contributed by atoms with Crippen molar-refractivity contribution in [3.8, 4) is 0 Å². The van der Waals surface area contributed by atoms with Gasteiger partial charge in [0.15, 0.2) is 0 Å². The van der Waals surface area contributed by atoms with Gasteiger partial charge >= 0.3 is 6.09 Å². The minimum atomic E-state index is -0.479. The summed E-state index contributed by atoms with van der Waals surface area (Å²) in [5, 5.41) is 2.87. The molecular weight excluding hydrogens is 356 g/mol. The molecule has 7 heteroatoms. The summed E-state index contributed by atoms with van der Waals surface area (Å²) >= 11 is 0. The maximum Gasteiger partial charge on any atom is 0.410 e. The van der Waals surface area contributed by atoms with Gasteiger partial charge in [-0.25, -0.2) is 9.78 Å². The molecule has 28 heavy (non-hydrogen) atoms. The molecule has 2 heterocycles. The molecule has 0 aliphatic carbocycles. The van der Waals surface area contributed by atoms with Crippen LogP contribution in [-0.4, -0.2) is 53.7 Å². The predicted molar refractivity (Wildman–Crippen MR) is 112 cm³/mol. The first-order valence-electron chi connectivity index (χ1n) is 10.2. The number of ether oxygens (including phenoxy) is 1. The molecule has 0 aromatic carbocycles. The molecular formula is C21H34N4O3. The number of nitrogens with zero attached hydrogens (tertiary/aromatic N) is 3. The monoisotopic (exact) mass is 390 g/mol. The van der Waals surface area contributed by atoms with Crippen molar-refractivity contribution in [2.75, 3.05) is 36.4 Å². The number of hydrogen-bond acceptors (Lipinski definition) is 5. The molecule has 2 rings (SSSR count). The average Bonchev–Trinajstić information content (AvgIpc) is 2.61. The normalized spacial score (nSPS) is 15.9. The lowest BCUT2D eigenvalue weighted by molar-refractivity contribution is -0.117. The number of amides is 2. The van der Waals surface area contributed by atoms with Crippen molar-refractivity contribution in [1.82, 2.24) is 9.88 Å². The Balaban J connectivity index is 1.83. The molecule has 1 aromatic rings. The number of pyridine rings is 1. The van der Waals surface area contributed by atoms with Crippen LogP contribution in [0.1, 0.15) is 53.9 Å². The number of nitrogens with one attached hydrogen (secondary N) is 1. The van der Waals surface area contributed by atoms with Crippen LogP contribution in [0.4, 0.5) is 16.3 Å². The van der Waals surface area contributed by atoms with Gasteiger partial charge in [-0.2, -0.15) is 0 Å². The van der Waals surface area contributed by atoms with Crippen molar-refractivity contribution in [2.24, 2.45) is 5.92 Å². The first-order chi connectivity index (χ1) is 13.2. The van der Waals surface area contributed by atoms with Crippen molar-refractivity contribution < 1.29 is 14.3 Å². The number of piperazine rings is 1. The van der Waals surface area contributed by atoms with Crippen LogP contribution in [0, 0.1) is 5.92 Å². The lowest BCUT2D eigenvalue weighted by atomic mass is 10.0. The van der Waals surface area contributed by atoms with Gasteiger partial charge in [0.05, 0.1) is 11.9 Å². The average molecular weight is 391 g/mol. The van der Waals surface area contributed by atoms with Crippen LogP contribution in [0.2, 0.25) is 0 Å². The zero-order valence-electron chi connectivity index (χ0n) is 17.8. The standard InChI is InChI=1S/C21H34N4O3/c1-6-7-16(2)14-19(26)23-18-9-8-17(15-22-18)24-10-12-25(13-11-24)20(27)28-21(3,4)5/h8-9,15-16H,6-7,10-14H2,1-5H3,(H,22,23,26). The predicted octanol–water partition coefficient (Wildman–Crippen LogP) is 3.90. The third-order valence-electron chi connectivity index (χ3n) is 4.63. The van der Waals surface area contributed by atoms with E-state index in [2.05, 4.69) is 29.0 Å². The lowest BCUT2D eigenvalue weighted by Crippen LogP contribution is -2.50. The third-order valence-corrected chi connectivity index (χ3v) is 4.63. The van der Waals surface area contributed by atoms with E-state index in [1.807, 2.05) is 32.9 Å². The van der Waals surface area contributed by atoms with E-state index < -0.39 is 5.60 Å². The van der Waals surface area contributed by atoms with Crippen LogP contribution in [0.15, 0.2) is 18.3 Å². The largest absolute Gasteiger partial charge is 0.444 e. The summed E-state index contributed by atoms with van der Waals surface area (Å²) in [7, 11) is 0. The Morgan fingerprint density at radius 3 is 2.43 bits per heavy atom. The summed E-state index contributed by atoms with van der Waals surface area (Å²) in [5.74, 6) is 0.961. The van der Waals surface area contributed by atoms with E-state index in [0.29, 0.717) is 31.2 Å². The van der Waals surface area contributed by atoms with Crippen molar-refractivity contribution in [1.29, 1.82) is 0 Å². The number of carbonyl (C=O) groups is 2. The van der Waals surface area contributed by atoms with E-state index >= 15 is 0 Å². The van der Waals surface area contributed by atoms with Crippen molar-refractivity contribution in [3.05, 3.63) is 18.3 Å². The number of hydrogen-bond donors (Lipinski definition) is 1. The van der Waals surface area contributed by atoms with Crippen LogP contribution in [0.25, 0.3) is 0 Å². The summed E-state index contributed by atoms with van der Waals surface area (Å²) in [5.41, 5.74) is 0.508. The maximum absolute atomic E-state index is 12.2. The molecule has 1 aliphatic rings. The Morgan fingerprint density at radius 1 is 1.21 bits per heavy atom. The second-order valence-corrected chi connectivity index (χ2v) is 8.50. The Bertz CT molecular complexity index is 647. The highest BCUT2D eigenvalue weighted by Crippen LogP contribution is 2.19. The molecule has 2 amide bonds. The quantitative estimate of drug-likeness (QED) is 0.797. The Hall–Kier alpha value is -2.31. The Kier molecular flexibility index (Phi) is 7.66. The van der Waals surface area contributed by atoms with Crippen LogP contribution in [0.3, 0.4) is 0 Å². The van der Waals surface area contributed by atoms with Gasteiger partial charge in [0.25, 0.3) is 0 Å². The Morgan fingerprint density at radius 2 is 1.89 bits per heavy atom. The van der Waals surface area contributed by atoms with E-state index in [1.54, 1.807) is 11.1 Å². The molecule has 156 valence electrons. The molecule has 0 saturated carbocycles. The summed E-state index contributed by atoms with van der Waals surface area (Å²) < 4.78 is 5.43. The van der Waals surface area contributed by atoms with Crippen molar-refractivity contribution in [2.45, 2.75) is 59.5 Å². The molecule has 0 radical (unpaired) electrons. The van der Waals surface area contributed by atoms with Crippen molar-refractivity contribution in [3.63, 3.8) is 0 Å². The second-order valence-electron chi connectivity index (χ2n) is 8.50. The minimum absolute atomic E-state index is 0.00664. The van der Waals surface area contributed by atoms with Crippen LogP contribution in [0.5, 0.6) is 0 Å². The van der Waals surface area contributed by atoms with Crippen molar-refractivity contribution >= 4 is 23.5 Å². The number of aromatic nitrogens is 1. The van der Waals surface area contributed by atoms with Gasteiger partial charge in [-0.15, -0.1) is 0 Å². The molecule has 1 fully saturated rings. The van der Waals surface area contributed by atoms with Crippen LogP contribution in [-0.2, 0) is 9.53 Å². The molecule has 7 nitrogen and oxygen atoms in total. The highest BCUT2D eigenvalue weighted by atomic mass is 16.6. The van der Waals surface area contributed by atoms with Gasteiger partial charge in [-0.1, -0.05) is 26.7 Å². The summed E-state index contributed by atoms with van der Waals surface area (Å²) in [6, 6.07) is 3.79. The van der Waals surface area contributed by atoms with E-state index in [-0.39, 0.29) is 12.0 Å². The van der Waals surface area contributed by atoms with Gasteiger partial charge in [-0.05, 0) is 38.8 Å². The molecule has 1 aromatic heterocycles. The number of anilines is 2. The molecule has 1 aliphatic heterocycles. The fraction of sp³-hybridized carbons (Fsp3) is 0.667. The van der Waals surface area contributed by atoms with Crippen LogP contribution < -0.4 is 10.2 Å². The van der Waals surface area contributed by atoms with E-state index in [1.165, 1.54) is 0 Å². The fourth-order valence-electron chi connectivity index (χ4n) is 3.23. The lowest BCUT2D eigenvalue weighted by Gasteiger charge is -2.36. The molecule has 1 N–H and O–H groups in total. The highest BCUT2D eigenvalue weighted by Gasteiger charge is 2.26. The first kappa shape index (κ1) is 22.0. The first-order valence-corrected chi connectivity index (χ1v) is 10.2. The summed E-state index contributed by atoms with van der Waals surface area (Å²) in [6.07, 6.45) is 4.16.